The molecule has 0 saturated carbocycles. The summed E-state index contributed by atoms with van der Waals surface area (Å²) < 4.78 is 30.2. The molecule has 0 heterocycles. The molecule has 0 unspecified atom stereocenters. The normalized spacial score (nSPS) is 8.60. The van der Waals surface area contributed by atoms with E-state index >= 15 is 0 Å². The molecule has 0 saturated heterocycles. The zero-order valence-corrected chi connectivity index (χ0v) is 8.17. The van der Waals surface area contributed by atoms with Crippen LogP contribution in [0.5, 0.6) is 0 Å². The second-order valence-electron chi connectivity index (χ2n) is 1.00. The van der Waals surface area contributed by atoms with E-state index in [4.69, 9.17) is 4.55 Å². The third kappa shape index (κ3) is 15.9. The molecule has 0 bridgehead atoms. The fourth-order valence-corrected chi connectivity index (χ4v) is 0.445. The first-order valence-electron chi connectivity index (χ1n) is 1.59. The van der Waals surface area contributed by atoms with Crippen LogP contribution in [0.3, 0.4) is 0 Å². The SMILES string of the molecule is CC(=O)OS(=O)(=O)O.[Cu].[H-].[H-].[Mg+2]. The van der Waals surface area contributed by atoms with Crippen LogP contribution in [0.2, 0.25) is 0 Å². The van der Waals surface area contributed by atoms with Gasteiger partial charge in [-0.3, -0.25) is 9.35 Å². The van der Waals surface area contributed by atoms with Crippen LogP contribution >= 0.6 is 0 Å². The Morgan fingerprint density at radius 1 is 1.60 bits per heavy atom. The average molecular weight is 230 g/mol. The van der Waals surface area contributed by atoms with Crippen molar-refractivity contribution in [2.75, 3.05) is 0 Å². The molecule has 0 aliphatic heterocycles. The minimum absolute atomic E-state index is 0. The van der Waals surface area contributed by atoms with Gasteiger partial charge < -0.3 is 7.04 Å². The van der Waals surface area contributed by atoms with Crippen LogP contribution in [-0.2, 0) is 36.4 Å². The van der Waals surface area contributed by atoms with Crippen LogP contribution in [0.1, 0.15) is 9.78 Å². The minimum Gasteiger partial charge on any atom is -1.00 e. The van der Waals surface area contributed by atoms with Crippen molar-refractivity contribution in [1.82, 2.24) is 0 Å². The molecule has 1 radical (unpaired) electrons. The molecule has 0 rings (SSSR count). The summed E-state index contributed by atoms with van der Waals surface area (Å²) >= 11 is 0. The summed E-state index contributed by atoms with van der Waals surface area (Å²) in [5.74, 6) is -1.06. The van der Waals surface area contributed by atoms with Crippen LogP contribution in [0, 0.1) is 0 Å². The fourth-order valence-electron chi connectivity index (χ4n) is 0.148. The molecule has 63 valence electrons. The molecular weight excluding hydrogens is 224 g/mol. The maximum Gasteiger partial charge on any atom is 2.00 e. The Balaban J connectivity index is -0.0000000408. The van der Waals surface area contributed by atoms with Gasteiger partial charge in [-0.2, -0.15) is 8.42 Å². The molecule has 10 heavy (non-hydrogen) atoms. The predicted octanol–water partition coefficient (Wildman–Crippen LogP) is -0.806. The number of carbonyl (C=O) groups is 1. The standard InChI is InChI=1S/C2H4O5S.Cu.Mg.2H/c1-2(3)7-8(4,5)6;;;;/h1H3,(H,4,5,6);;;;/q;;+2;2*-1. The van der Waals surface area contributed by atoms with E-state index in [1.54, 1.807) is 0 Å². The summed E-state index contributed by atoms with van der Waals surface area (Å²) in [4.78, 5) is 9.70. The van der Waals surface area contributed by atoms with Crippen molar-refractivity contribution in [3.8, 4) is 0 Å². The molecule has 0 atom stereocenters. The maximum absolute atomic E-state index is 9.70. The van der Waals surface area contributed by atoms with Crippen molar-refractivity contribution >= 4 is 39.4 Å². The van der Waals surface area contributed by atoms with E-state index in [2.05, 4.69) is 4.18 Å². The average Bonchev–Trinajstić information content (AvgIpc) is 1.21. The van der Waals surface area contributed by atoms with Gasteiger partial charge in [0.15, 0.2) is 0 Å². The molecule has 0 spiro atoms. The summed E-state index contributed by atoms with van der Waals surface area (Å²) in [5.41, 5.74) is 0. The monoisotopic (exact) mass is 229 g/mol. The molecule has 8 heteroatoms. The van der Waals surface area contributed by atoms with E-state index in [0.717, 1.165) is 6.92 Å². The largest absolute Gasteiger partial charge is 2.00 e. The van der Waals surface area contributed by atoms with Crippen molar-refractivity contribution in [2.24, 2.45) is 0 Å². The van der Waals surface area contributed by atoms with Gasteiger partial charge in [0.05, 0.1) is 0 Å². The van der Waals surface area contributed by atoms with E-state index in [1.807, 2.05) is 0 Å². The molecular formula is C2H6CuMgO5S. The quantitative estimate of drug-likeness (QED) is 0.470. The van der Waals surface area contributed by atoms with Crippen molar-refractivity contribution < 1.29 is 41.9 Å². The first-order chi connectivity index (χ1) is 3.42. The zero-order valence-electron chi connectivity index (χ0n) is 7.00. The molecule has 5 nitrogen and oxygen atoms in total. The smallest absolute Gasteiger partial charge is 1.00 e. The number of carbonyl (C=O) groups excluding carboxylic acids is 1. The van der Waals surface area contributed by atoms with Crippen molar-refractivity contribution in [3.63, 3.8) is 0 Å². The van der Waals surface area contributed by atoms with Crippen LogP contribution in [0.15, 0.2) is 0 Å². The molecule has 0 aromatic heterocycles. The van der Waals surface area contributed by atoms with Gasteiger partial charge in [0.25, 0.3) is 0 Å². The fraction of sp³-hybridized carbons (Fsp3) is 0.500. The van der Waals surface area contributed by atoms with E-state index in [0.29, 0.717) is 0 Å². The summed E-state index contributed by atoms with van der Waals surface area (Å²) in [6.45, 7) is 0.869. The van der Waals surface area contributed by atoms with Crippen molar-refractivity contribution in [2.45, 2.75) is 6.92 Å². The number of rotatable bonds is 1. The first kappa shape index (κ1) is 17.0. The topological polar surface area (TPSA) is 80.7 Å². The predicted molar refractivity (Wildman–Crippen MR) is 31.3 cm³/mol. The summed E-state index contributed by atoms with van der Waals surface area (Å²) in [5, 5.41) is 0. The Morgan fingerprint density at radius 3 is 1.90 bits per heavy atom. The summed E-state index contributed by atoms with van der Waals surface area (Å²) in [6, 6.07) is 0. The molecule has 0 aliphatic carbocycles. The second-order valence-corrected chi connectivity index (χ2v) is 2.02. The molecule has 0 aromatic carbocycles. The van der Waals surface area contributed by atoms with Gasteiger partial charge in [-0.1, -0.05) is 0 Å². The van der Waals surface area contributed by atoms with Crippen LogP contribution in [0.4, 0.5) is 0 Å². The first-order valence-corrected chi connectivity index (χ1v) is 2.96. The Hall–Kier alpha value is 0.666. The van der Waals surface area contributed by atoms with Crippen LogP contribution in [0.25, 0.3) is 0 Å². The Bertz CT molecular complexity index is 194. The molecule has 0 fully saturated rings. The molecule has 0 aliphatic rings. The number of hydrogen-bond acceptors (Lipinski definition) is 4. The Kier molecular flexibility index (Phi) is 10.8. The van der Waals surface area contributed by atoms with Gasteiger partial charge in [0, 0.05) is 24.0 Å². The van der Waals surface area contributed by atoms with Gasteiger partial charge in [0.1, 0.15) is 0 Å². The third-order valence-electron chi connectivity index (χ3n) is 0.223. The molecule has 0 aromatic rings. The van der Waals surface area contributed by atoms with Gasteiger partial charge >= 0.3 is 39.4 Å². The number of hydrogen-bond donors (Lipinski definition) is 1. The molecule has 0 amide bonds. The van der Waals surface area contributed by atoms with Crippen molar-refractivity contribution in [3.05, 3.63) is 0 Å². The summed E-state index contributed by atoms with van der Waals surface area (Å²) in [7, 11) is -4.57. The van der Waals surface area contributed by atoms with Gasteiger partial charge in [-0.15, -0.1) is 0 Å². The van der Waals surface area contributed by atoms with E-state index in [-0.39, 0.29) is 43.0 Å². The van der Waals surface area contributed by atoms with Gasteiger partial charge in [0.2, 0.25) is 0 Å². The third-order valence-corrected chi connectivity index (χ3v) is 0.668. The molecule has 1 N–H and O–H groups in total. The minimum atomic E-state index is -4.57. The van der Waals surface area contributed by atoms with Crippen LogP contribution in [-0.4, -0.2) is 42.0 Å². The Morgan fingerprint density at radius 2 is 1.90 bits per heavy atom. The summed E-state index contributed by atoms with van der Waals surface area (Å²) in [6.07, 6.45) is 0. The van der Waals surface area contributed by atoms with E-state index in [1.165, 1.54) is 0 Å². The van der Waals surface area contributed by atoms with E-state index < -0.39 is 16.4 Å². The van der Waals surface area contributed by atoms with Crippen LogP contribution < -0.4 is 0 Å². The maximum atomic E-state index is 9.70. The van der Waals surface area contributed by atoms with Gasteiger partial charge in [-0.25, -0.2) is 0 Å². The Labute approximate surface area is 88.1 Å². The van der Waals surface area contributed by atoms with E-state index in [9.17, 15) is 13.2 Å². The second kappa shape index (κ2) is 6.38. The zero-order chi connectivity index (χ0) is 6.78. The van der Waals surface area contributed by atoms with Gasteiger partial charge in [-0.05, 0) is 0 Å². The van der Waals surface area contributed by atoms with Crippen molar-refractivity contribution in [1.29, 1.82) is 0 Å².